The molecule has 0 spiro atoms. The number of esters is 3. The molecule has 0 radical (unpaired) electrons. The highest BCUT2D eigenvalue weighted by Gasteiger charge is 2.54. The summed E-state index contributed by atoms with van der Waals surface area (Å²) in [4.78, 5) is 35.0. The SMILES string of the molecule is CO[C@H]1O[C@H](CO)[C@@H](O)[C@H](O)[C@H]1O[C@@H]1O[C@@H](C)[C@H](OC(C)=O)[C@@H](OC(C)=O)[C@H]1OC(C)=O. The molecule has 2 aliphatic heterocycles. The highest BCUT2D eigenvalue weighted by atomic mass is 16.8. The lowest BCUT2D eigenvalue weighted by Gasteiger charge is -2.47. The van der Waals surface area contributed by atoms with Crippen LogP contribution in [0.5, 0.6) is 0 Å². The maximum atomic E-state index is 11.8. The van der Waals surface area contributed by atoms with Crippen molar-refractivity contribution in [3.63, 3.8) is 0 Å². The zero-order valence-electron chi connectivity index (χ0n) is 18.4. The number of ether oxygens (including phenoxy) is 7. The minimum atomic E-state index is -1.58. The monoisotopic (exact) mass is 466 g/mol. The van der Waals surface area contributed by atoms with Gasteiger partial charge in [0.25, 0.3) is 0 Å². The van der Waals surface area contributed by atoms with E-state index in [1.54, 1.807) is 0 Å². The lowest BCUT2D eigenvalue weighted by atomic mass is 9.97. The maximum Gasteiger partial charge on any atom is 0.303 e. The Morgan fingerprint density at radius 2 is 1.31 bits per heavy atom. The van der Waals surface area contributed by atoms with E-state index in [2.05, 4.69) is 0 Å². The first kappa shape index (κ1) is 26.4. The minimum Gasteiger partial charge on any atom is -0.456 e. The van der Waals surface area contributed by atoms with E-state index in [-0.39, 0.29) is 0 Å². The van der Waals surface area contributed by atoms with Crippen LogP contribution in [0.25, 0.3) is 0 Å². The van der Waals surface area contributed by atoms with E-state index in [0.29, 0.717) is 0 Å². The molecule has 0 aromatic rings. The quantitative estimate of drug-likeness (QED) is 0.277. The summed E-state index contributed by atoms with van der Waals surface area (Å²) in [6.45, 7) is 4.31. The molecule has 2 rings (SSSR count). The highest BCUT2D eigenvalue weighted by molar-refractivity contribution is 5.68. The van der Waals surface area contributed by atoms with Crippen molar-refractivity contribution in [2.45, 2.75) is 89.1 Å². The summed E-state index contributed by atoms with van der Waals surface area (Å²) in [7, 11) is 1.26. The molecular formula is C19H30O13. The molecule has 2 saturated heterocycles. The summed E-state index contributed by atoms with van der Waals surface area (Å²) in [6, 6.07) is 0. The predicted molar refractivity (Wildman–Crippen MR) is 101 cm³/mol. The summed E-state index contributed by atoms with van der Waals surface area (Å²) in [6.07, 6.45) is -13.0. The van der Waals surface area contributed by atoms with Crippen LogP contribution in [0.3, 0.4) is 0 Å². The molecule has 10 atom stereocenters. The van der Waals surface area contributed by atoms with Gasteiger partial charge in [0.1, 0.15) is 24.4 Å². The van der Waals surface area contributed by atoms with Crippen molar-refractivity contribution in [1.82, 2.24) is 0 Å². The van der Waals surface area contributed by atoms with Crippen LogP contribution in [0, 0.1) is 0 Å². The van der Waals surface area contributed by atoms with E-state index in [0.717, 1.165) is 20.8 Å². The Labute approximate surface area is 184 Å². The number of carbonyl (C=O) groups is 3. The van der Waals surface area contributed by atoms with Crippen LogP contribution in [0.1, 0.15) is 27.7 Å². The summed E-state index contributed by atoms with van der Waals surface area (Å²) < 4.78 is 37.9. The first-order valence-corrected chi connectivity index (χ1v) is 9.97. The second-order valence-electron chi connectivity index (χ2n) is 7.47. The van der Waals surface area contributed by atoms with Crippen LogP contribution in [-0.2, 0) is 47.5 Å². The minimum absolute atomic E-state index is 0.587. The number of aliphatic hydroxyl groups is 3. The fraction of sp³-hybridized carbons (Fsp3) is 0.842. The van der Waals surface area contributed by atoms with E-state index in [1.165, 1.54) is 14.0 Å². The van der Waals surface area contributed by atoms with Crippen LogP contribution in [-0.4, -0.2) is 108 Å². The molecule has 0 aliphatic carbocycles. The molecule has 2 aliphatic rings. The van der Waals surface area contributed by atoms with Crippen molar-refractivity contribution in [2.24, 2.45) is 0 Å². The molecular weight excluding hydrogens is 436 g/mol. The van der Waals surface area contributed by atoms with Crippen LogP contribution in [0.2, 0.25) is 0 Å². The largest absolute Gasteiger partial charge is 0.456 e. The van der Waals surface area contributed by atoms with Gasteiger partial charge in [-0.1, -0.05) is 0 Å². The molecule has 32 heavy (non-hydrogen) atoms. The van der Waals surface area contributed by atoms with Gasteiger partial charge in [0, 0.05) is 27.9 Å². The summed E-state index contributed by atoms with van der Waals surface area (Å²) >= 11 is 0. The Bertz CT molecular complexity index is 668. The standard InChI is InChI=1S/C19H30O13/c1-7-14(28-8(2)21)16(29-9(3)22)17(30-10(4)23)19(27-7)32-15-13(25)12(24)11(6-20)31-18(15)26-5/h7,11-20,24-25H,6H2,1-5H3/t7-,11+,12+,13-,14-,15+,16+,17+,18-,19-/m0/s1. The van der Waals surface area contributed by atoms with E-state index in [1.807, 2.05) is 0 Å². The predicted octanol–water partition coefficient (Wildman–Crippen LogP) is -2.00. The highest BCUT2D eigenvalue weighted by Crippen LogP contribution is 2.33. The second kappa shape index (κ2) is 11.3. The lowest BCUT2D eigenvalue weighted by Crippen LogP contribution is -2.65. The van der Waals surface area contributed by atoms with Gasteiger partial charge in [0.15, 0.2) is 30.9 Å². The third-order valence-electron chi connectivity index (χ3n) is 4.98. The van der Waals surface area contributed by atoms with E-state index in [9.17, 15) is 29.7 Å². The molecule has 0 saturated carbocycles. The molecule has 2 heterocycles. The summed E-state index contributed by atoms with van der Waals surface area (Å²) in [5.74, 6) is -2.20. The fourth-order valence-electron chi connectivity index (χ4n) is 3.63. The molecule has 0 aromatic carbocycles. The van der Waals surface area contributed by atoms with Crippen molar-refractivity contribution in [1.29, 1.82) is 0 Å². The molecule has 0 amide bonds. The normalized spacial score (nSPS) is 39.8. The van der Waals surface area contributed by atoms with Crippen LogP contribution in [0.15, 0.2) is 0 Å². The topological polar surface area (TPSA) is 177 Å². The molecule has 13 heteroatoms. The Kier molecular flexibility index (Phi) is 9.33. The third kappa shape index (κ3) is 6.13. The second-order valence-corrected chi connectivity index (χ2v) is 7.47. The first-order chi connectivity index (χ1) is 15.0. The lowest BCUT2D eigenvalue weighted by molar-refractivity contribution is -0.362. The van der Waals surface area contributed by atoms with Crippen LogP contribution >= 0.6 is 0 Å². The van der Waals surface area contributed by atoms with Gasteiger partial charge < -0.3 is 48.5 Å². The van der Waals surface area contributed by atoms with Gasteiger partial charge in [-0.05, 0) is 6.92 Å². The third-order valence-corrected chi connectivity index (χ3v) is 4.98. The smallest absolute Gasteiger partial charge is 0.303 e. The number of hydrogen-bond donors (Lipinski definition) is 3. The molecule has 3 N–H and O–H groups in total. The van der Waals surface area contributed by atoms with Gasteiger partial charge in [-0.2, -0.15) is 0 Å². The number of methoxy groups -OCH3 is 1. The van der Waals surface area contributed by atoms with Gasteiger partial charge in [-0.25, -0.2) is 0 Å². The fourth-order valence-corrected chi connectivity index (χ4v) is 3.63. The molecule has 0 bridgehead atoms. The van der Waals surface area contributed by atoms with Crippen molar-refractivity contribution < 1.29 is 62.9 Å². The summed E-state index contributed by atoms with van der Waals surface area (Å²) in [5.41, 5.74) is 0. The zero-order valence-corrected chi connectivity index (χ0v) is 18.4. The van der Waals surface area contributed by atoms with Gasteiger partial charge in [0.2, 0.25) is 0 Å². The van der Waals surface area contributed by atoms with Crippen molar-refractivity contribution in [2.75, 3.05) is 13.7 Å². The first-order valence-electron chi connectivity index (χ1n) is 9.97. The molecule has 0 unspecified atom stereocenters. The molecule has 184 valence electrons. The van der Waals surface area contributed by atoms with Crippen LogP contribution in [0.4, 0.5) is 0 Å². The van der Waals surface area contributed by atoms with E-state index < -0.39 is 85.9 Å². The molecule has 2 fully saturated rings. The number of aliphatic hydroxyl groups excluding tert-OH is 3. The van der Waals surface area contributed by atoms with Gasteiger partial charge >= 0.3 is 17.9 Å². The van der Waals surface area contributed by atoms with Crippen molar-refractivity contribution in [3.8, 4) is 0 Å². The Morgan fingerprint density at radius 3 is 1.81 bits per heavy atom. The van der Waals surface area contributed by atoms with Gasteiger partial charge in [-0.3, -0.25) is 14.4 Å². The number of hydrogen-bond acceptors (Lipinski definition) is 13. The van der Waals surface area contributed by atoms with Crippen molar-refractivity contribution >= 4 is 17.9 Å². The average molecular weight is 466 g/mol. The molecule has 13 nitrogen and oxygen atoms in total. The van der Waals surface area contributed by atoms with Gasteiger partial charge in [-0.15, -0.1) is 0 Å². The number of carbonyl (C=O) groups excluding carboxylic acids is 3. The van der Waals surface area contributed by atoms with E-state index >= 15 is 0 Å². The Hall–Kier alpha value is -1.87. The summed E-state index contributed by atoms with van der Waals surface area (Å²) in [5, 5.41) is 30.1. The van der Waals surface area contributed by atoms with Gasteiger partial charge in [0.05, 0.1) is 12.7 Å². The Balaban J connectivity index is 2.36. The maximum absolute atomic E-state index is 11.8. The zero-order chi connectivity index (χ0) is 24.2. The number of rotatable bonds is 7. The Morgan fingerprint density at radius 1 is 0.781 bits per heavy atom. The van der Waals surface area contributed by atoms with Crippen molar-refractivity contribution in [3.05, 3.63) is 0 Å². The molecule has 0 aromatic heterocycles. The van der Waals surface area contributed by atoms with Crippen LogP contribution < -0.4 is 0 Å². The average Bonchev–Trinajstić information content (AvgIpc) is 2.70. The van der Waals surface area contributed by atoms with E-state index in [4.69, 9.17) is 33.2 Å².